The van der Waals surface area contributed by atoms with Gasteiger partial charge in [-0.25, -0.2) is 0 Å². The summed E-state index contributed by atoms with van der Waals surface area (Å²) in [5.74, 6) is 0.582. The van der Waals surface area contributed by atoms with Crippen LogP contribution in [0.2, 0.25) is 5.02 Å². The van der Waals surface area contributed by atoms with Gasteiger partial charge in [0.05, 0.1) is 12.1 Å². The number of benzene rings is 3. The van der Waals surface area contributed by atoms with Crippen molar-refractivity contribution in [2.24, 2.45) is 0 Å². The largest absolute Gasteiger partial charge is 0.484 e. The number of hydrogen-bond donors (Lipinski definition) is 0. The second kappa shape index (κ2) is 13.6. The standard InChI is InChI=1S/C32H38ClN3O3/c1-24(2)34-17-10-18-36(31(38)23-39-28-14-5-4-6-15-28)32-25(3)11-9-13-27(32)22-35(20-19-34)30(37)21-26-12-7-8-16-29(26)33/h4-9,11-16,24H,10,17-23H2,1-3H3. The van der Waals surface area contributed by atoms with Crippen LogP contribution >= 0.6 is 11.6 Å². The van der Waals surface area contributed by atoms with Crippen LogP contribution in [-0.2, 0) is 22.6 Å². The lowest BCUT2D eigenvalue weighted by Crippen LogP contribution is -2.42. The fourth-order valence-electron chi connectivity index (χ4n) is 5.06. The minimum absolute atomic E-state index is 0.0174. The van der Waals surface area contributed by atoms with Crippen LogP contribution in [-0.4, -0.2) is 60.4 Å². The lowest BCUT2D eigenvalue weighted by Gasteiger charge is -2.30. The van der Waals surface area contributed by atoms with E-state index in [9.17, 15) is 9.59 Å². The van der Waals surface area contributed by atoms with Crippen LogP contribution in [0.1, 0.15) is 37.0 Å². The second-order valence-electron chi connectivity index (χ2n) is 10.3. The van der Waals surface area contributed by atoms with Gasteiger partial charge in [-0.15, -0.1) is 0 Å². The number of halogens is 1. The third-order valence-corrected chi connectivity index (χ3v) is 7.59. The molecule has 0 unspecified atom stereocenters. The summed E-state index contributed by atoms with van der Waals surface area (Å²) < 4.78 is 5.85. The lowest BCUT2D eigenvalue weighted by atomic mass is 10.0. The third-order valence-electron chi connectivity index (χ3n) is 7.23. The maximum Gasteiger partial charge on any atom is 0.264 e. The number of hydrogen-bond acceptors (Lipinski definition) is 4. The van der Waals surface area contributed by atoms with Gasteiger partial charge >= 0.3 is 0 Å². The lowest BCUT2D eigenvalue weighted by molar-refractivity contribution is -0.131. The molecule has 7 heteroatoms. The van der Waals surface area contributed by atoms with Crippen LogP contribution < -0.4 is 9.64 Å². The molecule has 1 aliphatic heterocycles. The molecule has 0 aromatic heterocycles. The summed E-state index contributed by atoms with van der Waals surface area (Å²) in [7, 11) is 0. The van der Waals surface area contributed by atoms with Gasteiger partial charge in [0.2, 0.25) is 5.91 Å². The van der Waals surface area contributed by atoms with Crippen molar-refractivity contribution >= 4 is 29.1 Å². The molecule has 0 N–H and O–H groups in total. The normalized spacial score (nSPS) is 15.0. The van der Waals surface area contributed by atoms with E-state index in [0.717, 1.165) is 41.9 Å². The first kappa shape index (κ1) is 28.7. The predicted octanol–water partition coefficient (Wildman–Crippen LogP) is 5.75. The van der Waals surface area contributed by atoms with Crippen molar-refractivity contribution in [2.75, 3.05) is 37.7 Å². The number of rotatable bonds is 6. The molecule has 0 aliphatic carbocycles. The zero-order chi connectivity index (χ0) is 27.8. The highest BCUT2D eigenvalue weighted by molar-refractivity contribution is 6.31. The fraction of sp³-hybridized carbons (Fsp3) is 0.375. The number of amides is 2. The summed E-state index contributed by atoms with van der Waals surface area (Å²) >= 11 is 6.39. The van der Waals surface area contributed by atoms with Crippen molar-refractivity contribution in [2.45, 2.75) is 46.2 Å². The monoisotopic (exact) mass is 547 g/mol. The summed E-state index contributed by atoms with van der Waals surface area (Å²) in [5, 5.41) is 0.596. The van der Waals surface area contributed by atoms with Crippen molar-refractivity contribution in [3.8, 4) is 5.75 Å². The fourth-order valence-corrected chi connectivity index (χ4v) is 5.26. The van der Waals surface area contributed by atoms with Gasteiger partial charge in [-0.1, -0.05) is 66.2 Å². The number of fused-ring (bicyclic) bond motifs is 1. The maximum atomic E-state index is 13.7. The molecule has 0 saturated heterocycles. The van der Waals surface area contributed by atoms with E-state index in [1.807, 2.05) is 89.5 Å². The molecule has 6 nitrogen and oxygen atoms in total. The van der Waals surface area contributed by atoms with Crippen LogP contribution in [0.25, 0.3) is 0 Å². The molecular formula is C32H38ClN3O3. The van der Waals surface area contributed by atoms with Crippen molar-refractivity contribution in [3.63, 3.8) is 0 Å². The average Bonchev–Trinajstić information content (AvgIpc) is 2.96. The molecule has 3 aromatic carbocycles. The zero-order valence-corrected chi connectivity index (χ0v) is 23.9. The topological polar surface area (TPSA) is 53.1 Å². The van der Waals surface area contributed by atoms with Gasteiger partial charge in [0.15, 0.2) is 6.61 Å². The van der Waals surface area contributed by atoms with E-state index in [2.05, 4.69) is 18.7 Å². The maximum absolute atomic E-state index is 13.7. The van der Waals surface area contributed by atoms with Gasteiger partial charge in [0.25, 0.3) is 5.91 Å². The highest BCUT2D eigenvalue weighted by Gasteiger charge is 2.26. The number of ether oxygens (including phenoxy) is 1. The van der Waals surface area contributed by atoms with E-state index < -0.39 is 0 Å². The van der Waals surface area contributed by atoms with E-state index >= 15 is 0 Å². The first-order valence-electron chi connectivity index (χ1n) is 13.7. The summed E-state index contributed by atoms with van der Waals surface area (Å²) in [4.78, 5) is 33.4. The molecule has 4 rings (SSSR count). The number of para-hydroxylation sites is 2. The Morgan fingerprint density at radius 3 is 2.36 bits per heavy atom. The Kier molecular flexibility index (Phi) is 10.0. The van der Waals surface area contributed by atoms with Crippen LogP contribution in [0.15, 0.2) is 72.8 Å². The van der Waals surface area contributed by atoms with E-state index in [1.54, 1.807) is 0 Å². The first-order chi connectivity index (χ1) is 18.8. The molecule has 0 fully saturated rings. The van der Waals surface area contributed by atoms with Gasteiger partial charge in [-0.2, -0.15) is 0 Å². The average molecular weight is 548 g/mol. The Hall–Kier alpha value is -3.35. The SMILES string of the molecule is Cc1cccc2c1N(C(=O)COc1ccccc1)CCCN(C(C)C)CCN(C(=O)Cc1ccccc1Cl)C2. The first-order valence-corrected chi connectivity index (χ1v) is 14.0. The molecule has 3 aromatic rings. The summed E-state index contributed by atoms with van der Waals surface area (Å²) in [6, 6.07) is 23.2. The number of anilines is 1. The molecule has 0 bridgehead atoms. The smallest absolute Gasteiger partial charge is 0.264 e. The Bertz CT molecular complexity index is 1260. The van der Waals surface area contributed by atoms with E-state index in [1.165, 1.54) is 0 Å². The molecular weight excluding hydrogens is 510 g/mol. The number of carbonyl (C=O) groups is 2. The molecule has 39 heavy (non-hydrogen) atoms. The van der Waals surface area contributed by atoms with Crippen molar-refractivity contribution in [1.82, 2.24) is 9.80 Å². The van der Waals surface area contributed by atoms with Gasteiger partial charge < -0.3 is 14.5 Å². The van der Waals surface area contributed by atoms with Gasteiger partial charge in [-0.3, -0.25) is 14.5 Å². The second-order valence-corrected chi connectivity index (χ2v) is 10.7. The Morgan fingerprint density at radius 1 is 0.872 bits per heavy atom. The Labute approximate surface area is 237 Å². The molecule has 1 heterocycles. The van der Waals surface area contributed by atoms with Crippen molar-refractivity contribution in [3.05, 3.63) is 94.5 Å². The minimum atomic E-state index is -0.0984. The zero-order valence-electron chi connectivity index (χ0n) is 23.1. The van der Waals surface area contributed by atoms with Gasteiger partial charge in [0.1, 0.15) is 5.75 Å². The number of nitrogens with zero attached hydrogens (tertiary/aromatic N) is 3. The summed E-state index contributed by atoms with van der Waals surface area (Å²) in [6.45, 7) is 9.48. The van der Waals surface area contributed by atoms with Crippen LogP contribution in [0.5, 0.6) is 5.75 Å². The molecule has 206 valence electrons. The van der Waals surface area contributed by atoms with Gasteiger partial charge in [0, 0.05) is 43.8 Å². The van der Waals surface area contributed by atoms with Crippen molar-refractivity contribution in [1.29, 1.82) is 0 Å². The van der Waals surface area contributed by atoms with Crippen molar-refractivity contribution < 1.29 is 14.3 Å². The Balaban J connectivity index is 1.65. The number of carbonyl (C=O) groups excluding carboxylic acids is 2. The number of aryl methyl sites for hydroxylation is 1. The third kappa shape index (κ3) is 7.61. The van der Waals surface area contributed by atoms with Crippen LogP contribution in [0, 0.1) is 6.92 Å². The minimum Gasteiger partial charge on any atom is -0.484 e. The predicted molar refractivity (Wildman–Crippen MR) is 157 cm³/mol. The highest BCUT2D eigenvalue weighted by atomic mass is 35.5. The molecule has 2 amide bonds. The Morgan fingerprint density at radius 2 is 1.62 bits per heavy atom. The van der Waals surface area contributed by atoms with Gasteiger partial charge in [-0.05, 0) is 62.1 Å². The molecule has 0 radical (unpaired) electrons. The molecule has 0 saturated carbocycles. The van der Waals surface area contributed by atoms with Crippen LogP contribution in [0.3, 0.4) is 0 Å². The summed E-state index contributed by atoms with van der Waals surface area (Å²) in [5.41, 5.74) is 3.64. The molecule has 0 spiro atoms. The highest BCUT2D eigenvalue weighted by Crippen LogP contribution is 2.29. The van der Waals surface area contributed by atoms with E-state index in [4.69, 9.17) is 16.3 Å². The quantitative estimate of drug-likeness (QED) is 0.394. The van der Waals surface area contributed by atoms with Crippen LogP contribution in [0.4, 0.5) is 5.69 Å². The van der Waals surface area contributed by atoms with E-state index in [-0.39, 0.29) is 24.8 Å². The molecule has 1 aliphatic rings. The molecule has 0 atom stereocenters. The summed E-state index contributed by atoms with van der Waals surface area (Å²) in [6.07, 6.45) is 1.05. The van der Waals surface area contributed by atoms with E-state index in [0.29, 0.717) is 36.4 Å².